The molecule has 2 aliphatic rings. The van der Waals surface area contributed by atoms with Gasteiger partial charge in [0.15, 0.2) is 0 Å². The molecule has 0 aliphatic carbocycles. The average molecular weight is 1010 g/mol. The van der Waals surface area contributed by atoms with E-state index in [-0.39, 0.29) is 50.0 Å². The highest BCUT2D eigenvalue weighted by Crippen LogP contribution is 2.28. The van der Waals surface area contributed by atoms with Crippen LogP contribution in [0.25, 0.3) is 22.0 Å². The van der Waals surface area contributed by atoms with Crippen molar-refractivity contribution in [2.45, 2.75) is 37.8 Å². The van der Waals surface area contributed by atoms with Crippen molar-refractivity contribution in [2.24, 2.45) is 0 Å². The second-order valence-electron chi connectivity index (χ2n) is 15.9. The third-order valence-corrected chi connectivity index (χ3v) is 12.7. The molecule has 6 aromatic rings. The number of methoxy groups -OCH3 is 1. The van der Waals surface area contributed by atoms with Crippen LogP contribution in [0.4, 0.5) is 0 Å². The second kappa shape index (κ2) is 23.6. The van der Waals surface area contributed by atoms with Crippen LogP contribution in [0, 0.1) is 0 Å². The molecular formula is C51H45Cl4N7O7. The van der Waals surface area contributed by atoms with Gasteiger partial charge in [0.2, 0.25) is 0 Å². The van der Waals surface area contributed by atoms with Crippen LogP contribution < -0.4 is 16.0 Å². The first-order valence-corrected chi connectivity index (χ1v) is 23.2. The van der Waals surface area contributed by atoms with Crippen LogP contribution in [-0.4, -0.2) is 100.0 Å². The van der Waals surface area contributed by atoms with Gasteiger partial charge in [-0.15, -0.1) is 0 Å². The van der Waals surface area contributed by atoms with Crippen LogP contribution in [0.5, 0.6) is 0 Å². The number of nitrogens with zero attached hydrogens (tertiary/aromatic N) is 4. The minimum absolute atomic E-state index is 0.0225. The number of carboxylic acids is 1. The molecule has 18 heteroatoms. The Labute approximate surface area is 417 Å². The smallest absolute Gasteiger partial charge is 0.328 e. The molecule has 69 heavy (non-hydrogen) atoms. The highest BCUT2D eigenvalue weighted by atomic mass is 35.5. The summed E-state index contributed by atoms with van der Waals surface area (Å²) in [6, 6.07) is 24.0. The standard InChI is InChI=1S/C30H24Cl2N4O4.C21H21Cl2N3O3/c31-23-5-3-6-24(32)27(23)28(37)35-26(30(39)40)16-20-9-8-19(17-34-20)18-11-14-36(15-12-18)29(38)22-10-13-33-25-7-2-1-4-21(22)25;1-29-21(28)18(26-20(27)19-16(22)3-2-4-17(19)23)11-15-6-5-14(12-25-15)13-7-9-24-10-8-13/h1-11,13,17,26H,12,14-16H2,(H,35,37)(H,39,40);2-7,12,18,24H,8-11H2,1H3,(H,26,27)/t26-;18-/m00/s1. The molecule has 4 N–H and O–H groups in total. The van der Waals surface area contributed by atoms with Crippen molar-refractivity contribution in [1.82, 2.24) is 35.8 Å². The van der Waals surface area contributed by atoms with Crippen molar-refractivity contribution >= 4 is 98.1 Å². The fraction of sp³-hybridized carbons (Fsp3) is 0.216. The molecule has 3 amide bonds. The molecule has 0 spiro atoms. The van der Waals surface area contributed by atoms with Crippen molar-refractivity contribution in [2.75, 3.05) is 33.3 Å². The van der Waals surface area contributed by atoms with Gasteiger partial charge in [0.25, 0.3) is 17.7 Å². The molecule has 3 aromatic heterocycles. The van der Waals surface area contributed by atoms with E-state index in [0.717, 1.165) is 47.1 Å². The van der Waals surface area contributed by atoms with E-state index < -0.39 is 35.8 Å². The van der Waals surface area contributed by atoms with E-state index >= 15 is 0 Å². The zero-order chi connectivity index (χ0) is 49.0. The van der Waals surface area contributed by atoms with Gasteiger partial charge in [-0.3, -0.25) is 29.3 Å². The number of halogens is 4. The summed E-state index contributed by atoms with van der Waals surface area (Å²) in [5.41, 5.74) is 6.95. The minimum atomic E-state index is -1.23. The molecule has 0 saturated carbocycles. The summed E-state index contributed by atoms with van der Waals surface area (Å²) in [7, 11) is 1.27. The Balaban J connectivity index is 0.000000215. The number of pyridine rings is 3. The lowest BCUT2D eigenvalue weighted by Gasteiger charge is -2.27. The summed E-state index contributed by atoms with van der Waals surface area (Å²) < 4.78 is 4.84. The molecule has 0 fully saturated rings. The number of ether oxygens (including phenoxy) is 1. The van der Waals surface area contributed by atoms with E-state index in [1.807, 2.05) is 48.5 Å². The third kappa shape index (κ3) is 12.7. The van der Waals surface area contributed by atoms with Crippen LogP contribution in [0.15, 0.2) is 122 Å². The summed E-state index contributed by atoms with van der Waals surface area (Å²) in [4.78, 5) is 77.7. The number of aromatic nitrogens is 3. The molecule has 8 rings (SSSR count). The van der Waals surface area contributed by atoms with Gasteiger partial charge in [-0.05, 0) is 90.2 Å². The summed E-state index contributed by atoms with van der Waals surface area (Å²) in [6.07, 6.45) is 11.0. The van der Waals surface area contributed by atoms with Gasteiger partial charge in [-0.25, -0.2) is 9.59 Å². The van der Waals surface area contributed by atoms with E-state index in [1.165, 1.54) is 24.8 Å². The monoisotopic (exact) mass is 1010 g/mol. The Kier molecular flexibility index (Phi) is 17.1. The SMILES string of the molecule is COC(=O)[C@H](Cc1ccc(C2=CCNCC2)cn1)NC(=O)c1c(Cl)cccc1Cl.O=C(N[C@@H](Cc1ccc(C2=CCN(C(=O)c3ccnc4ccccc34)CC2)cn1)C(=O)O)c1c(Cl)cccc1Cl. The first-order chi connectivity index (χ1) is 33.3. The number of hydrogen-bond acceptors (Lipinski definition) is 10. The number of fused-ring (bicyclic) bond motifs is 1. The first-order valence-electron chi connectivity index (χ1n) is 21.7. The maximum absolute atomic E-state index is 13.2. The van der Waals surface area contributed by atoms with Gasteiger partial charge in [0, 0.05) is 67.8 Å². The predicted molar refractivity (Wildman–Crippen MR) is 267 cm³/mol. The molecule has 0 bridgehead atoms. The molecule has 0 unspecified atom stereocenters. The molecule has 14 nitrogen and oxygen atoms in total. The molecule has 0 saturated heterocycles. The number of carbonyl (C=O) groups is 5. The first kappa shape index (κ1) is 50.2. The van der Waals surface area contributed by atoms with Crippen LogP contribution >= 0.6 is 46.4 Å². The van der Waals surface area contributed by atoms with Crippen molar-refractivity contribution in [3.05, 3.63) is 181 Å². The van der Waals surface area contributed by atoms with Crippen molar-refractivity contribution in [1.29, 1.82) is 0 Å². The van der Waals surface area contributed by atoms with Gasteiger partial charge in [-0.2, -0.15) is 0 Å². The maximum atomic E-state index is 13.2. The van der Waals surface area contributed by atoms with E-state index in [9.17, 15) is 29.1 Å². The Hall–Kier alpha value is -6.68. The van der Waals surface area contributed by atoms with E-state index in [4.69, 9.17) is 51.1 Å². The van der Waals surface area contributed by atoms with Crippen LogP contribution in [0.1, 0.15) is 66.4 Å². The molecule has 3 aromatic carbocycles. The number of hydrogen-bond donors (Lipinski definition) is 4. The Morgan fingerprint density at radius 2 is 1.26 bits per heavy atom. The number of esters is 1. The molecule has 354 valence electrons. The van der Waals surface area contributed by atoms with Gasteiger partial charge in [0.1, 0.15) is 12.1 Å². The number of aliphatic carboxylic acids is 1. The summed E-state index contributed by atoms with van der Waals surface area (Å²) in [5.74, 6) is -3.04. The zero-order valence-electron chi connectivity index (χ0n) is 37.1. The highest BCUT2D eigenvalue weighted by molar-refractivity contribution is 6.40. The van der Waals surface area contributed by atoms with Crippen molar-refractivity contribution < 1.29 is 33.8 Å². The molecule has 2 atom stereocenters. The average Bonchev–Trinajstić information content (AvgIpc) is 3.36. The Bertz CT molecular complexity index is 2900. The molecule has 2 aliphatic heterocycles. The lowest BCUT2D eigenvalue weighted by atomic mass is 9.99. The number of benzene rings is 3. The van der Waals surface area contributed by atoms with Crippen molar-refractivity contribution in [3.8, 4) is 0 Å². The lowest BCUT2D eigenvalue weighted by molar-refractivity contribution is -0.143. The largest absolute Gasteiger partial charge is 0.480 e. The molecule has 5 heterocycles. The normalized spacial score (nSPS) is 14.2. The number of carbonyl (C=O) groups excluding carboxylic acids is 4. The number of nitrogens with one attached hydrogen (secondary N) is 3. The Morgan fingerprint density at radius 1 is 0.696 bits per heavy atom. The summed E-state index contributed by atoms with van der Waals surface area (Å²) >= 11 is 24.3. The summed E-state index contributed by atoms with van der Waals surface area (Å²) in [5, 5.41) is 19.6. The van der Waals surface area contributed by atoms with Crippen LogP contribution in [0.3, 0.4) is 0 Å². The minimum Gasteiger partial charge on any atom is -0.480 e. The number of carboxylic acid groups (broad SMARTS) is 1. The third-order valence-electron chi connectivity index (χ3n) is 11.4. The van der Waals surface area contributed by atoms with Crippen LogP contribution in [-0.2, 0) is 27.2 Å². The van der Waals surface area contributed by atoms with E-state index in [2.05, 4.69) is 37.0 Å². The number of rotatable bonds is 13. The number of para-hydroxylation sites is 1. The number of amides is 3. The summed E-state index contributed by atoms with van der Waals surface area (Å²) in [6.45, 7) is 2.80. The van der Waals surface area contributed by atoms with E-state index in [1.54, 1.807) is 59.9 Å². The van der Waals surface area contributed by atoms with Gasteiger partial charge >= 0.3 is 11.9 Å². The zero-order valence-corrected chi connectivity index (χ0v) is 40.1. The topological polar surface area (TPSA) is 193 Å². The molecule has 0 radical (unpaired) electrons. The van der Waals surface area contributed by atoms with Gasteiger partial charge in [0.05, 0.1) is 49.4 Å². The lowest BCUT2D eigenvalue weighted by Crippen LogP contribution is -2.43. The maximum Gasteiger partial charge on any atom is 0.328 e. The van der Waals surface area contributed by atoms with Gasteiger partial charge < -0.3 is 30.7 Å². The highest BCUT2D eigenvalue weighted by Gasteiger charge is 2.27. The van der Waals surface area contributed by atoms with E-state index in [0.29, 0.717) is 36.5 Å². The fourth-order valence-corrected chi connectivity index (χ4v) is 8.91. The quantitative estimate of drug-likeness (QED) is 0.0811. The van der Waals surface area contributed by atoms with Crippen molar-refractivity contribution in [3.63, 3.8) is 0 Å². The van der Waals surface area contributed by atoms with Crippen LogP contribution in [0.2, 0.25) is 20.1 Å². The fourth-order valence-electron chi connectivity index (χ4n) is 7.77. The Morgan fingerprint density at radius 3 is 1.77 bits per heavy atom. The van der Waals surface area contributed by atoms with Gasteiger partial charge in [-0.1, -0.05) is 101 Å². The predicted octanol–water partition coefficient (Wildman–Crippen LogP) is 8.57. The second-order valence-corrected chi connectivity index (χ2v) is 17.5. The molecular weight excluding hydrogens is 964 g/mol.